The number of ether oxygens (including phenoxy) is 1. The van der Waals surface area contributed by atoms with Gasteiger partial charge in [0.15, 0.2) is 0 Å². The summed E-state index contributed by atoms with van der Waals surface area (Å²) in [6, 6.07) is 6.92. The third-order valence-electron chi connectivity index (χ3n) is 4.57. The number of rotatable bonds is 5. The monoisotopic (exact) mass is 379 g/mol. The number of nitrogens with zero attached hydrogens (tertiary/aromatic N) is 1. The van der Waals surface area contributed by atoms with E-state index in [-0.39, 0.29) is 24.2 Å². The lowest BCUT2D eigenvalue weighted by Gasteiger charge is -2.26. The van der Waals surface area contributed by atoms with Crippen LogP contribution in [0.25, 0.3) is 11.5 Å². The molecule has 1 unspecified atom stereocenters. The molecule has 6 nitrogen and oxygen atoms in total. The first-order chi connectivity index (χ1) is 12.0. The van der Waals surface area contributed by atoms with Gasteiger partial charge in [0.2, 0.25) is 11.8 Å². The minimum atomic E-state index is -0.510. The van der Waals surface area contributed by atoms with Crippen LogP contribution in [-0.2, 0) is 9.53 Å². The molecule has 0 bridgehead atoms. The quantitative estimate of drug-likeness (QED) is 0.828. The molecule has 0 spiro atoms. The smallest absolute Gasteiger partial charge is 0.241 e. The van der Waals surface area contributed by atoms with Crippen molar-refractivity contribution >= 4 is 24.0 Å². The highest BCUT2D eigenvalue weighted by molar-refractivity contribution is 5.95. The van der Waals surface area contributed by atoms with Crippen LogP contribution in [0.3, 0.4) is 0 Å². The predicted molar refractivity (Wildman–Crippen MR) is 103 cm³/mol. The summed E-state index contributed by atoms with van der Waals surface area (Å²) in [5.74, 6) is 1.76. The molecule has 0 aliphatic carbocycles. The maximum atomic E-state index is 12.3. The predicted octanol–water partition coefficient (Wildman–Crippen LogP) is 3.58. The van der Waals surface area contributed by atoms with Crippen LogP contribution in [-0.4, -0.2) is 30.1 Å². The van der Waals surface area contributed by atoms with Crippen LogP contribution in [0.4, 0.5) is 5.69 Å². The SMILES string of the molecule is CC(C)c1cnc(-c2ccc(NC(=O)C(N)C3CCOCC3)cc2)o1.Cl. The number of nitrogens with two attached hydrogens (primary N) is 1. The van der Waals surface area contributed by atoms with Gasteiger partial charge in [-0.15, -0.1) is 12.4 Å². The molecule has 1 saturated heterocycles. The molecule has 2 heterocycles. The lowest BCUT2D eigenvalue weighted by atomic mass is 9.92. The molecular formula is C19H26ClN3O3. The van der Waals surface area contributed by atoms with E-state index in [0.717, 1.165) is 24.2 Å². The van der Waals surface area contributed by atoms with Gasteiger partial charge in [-0.05, 0) is 43.0 Å². The van der Waals surface area contributed by atoms with Gasteiger partial charge in [-0.3, -0.25) is 4.79 Å². The average Bonchev–Trinajstić information content (AvgIpc) is 3.13. The fourth-order valence-corrected chi connectivity index (χ4v) is 2.90. The number of anilines is 1. The summed E-state index contributed by atoms with van der Waals surface area (Å²) in [6.07, 6.45) is 3.41. The Bertz CT molecular complexity index is 709. The number of oxazole rings is 1. The van der Waals surface area contributed by atoms with Crippen LogP contribution in [0.5, 0.6) is 0 Å². The third-order valence-corrected chi connectivity index (χ3v) is 4.57. The van der Waals surface area contributed by atoms with Crippen molar-refractivity contribution in [3.05, 3.63) is 36.2 Å². The maximum Gasteiger partial charge on any atom is 0.241 e. The van der Waals surface area contributed by atoms with Crippen molar-refractivity contribution in [2.24, 2.45) is 11.7 Å². The molecule has 1 aliphatic heterocycles. The topological polar surface area (TPSA) is 90.4 Å². The molecule has 1 amide bonds. The fraction of sp³-hybridized carbons (Fsp3) is 0.474. The molecule has 3 N–H and O–H groups in total. The lowest BCUT2D eigenvalue weighted by Crippen LogP contribution is -2.43. The Morgan fingerprint density at radius 2 is 1.88 bits per heavy atom. The number of carbonyl (C=O) groups excluding carboxylic acids is 1. The lowest BCUT2D eigenvalue weighted by molar-refractivity contribution is -0.119. The zero-order valence-corrected chi connectivity index (χ0v) is 15.9. The molecule has 1 atom stereocenters. The Morgan fingerprint density at radius 3 is 2.46 bits per heavy atom. The molecule has 1 aliphatic rings. The molecule has 2 aromatic rings. The van der Waals surface area contributed by atoms with Crippen LogP contribution < -0.4 is 11.1 Å². The maximum absolute atomic E-state index is 12.3. The van der Waals surface area contributed by atoms with Crippen molar-refractivity contribution < 1.29 is 13.9 Å². The summed E-state index contributed by atoms with van der Waals surface area (Å²) in [6.45, 7) is 5.47. The Hall–Kier alpha value is -1.89. The van der Waals surface area contributed by atoms with Gasteiger partial charge in [0, 0.05) is 30.4 Å². The highest BCUT2D eigenvalue weighted by Crippen LogP contribution is 2.25. The van der Waals surface area contributed by atoms with Crippen molar-refractivity contribution in [1.29, 1.82) is 0 Å². The molecule has 3 rings (SSSR count). The molecule has 1 fully saturated rings. The van der Waals surface area contributed by atoms with E-state index in [1.165, 1.54) is 0 Å². The normalized spacial score (nSPS) is 16.2. The van der Waals surface area contributed by atoms with Crippen LogP contribution in [0, 0.1) is 5.92 Å². The second kappa shape index (κ2) is 9.16. The Morgan fingerprint density at radius 1 is 1.23 bits per heavy atom. The zero-order valence-electron chi connectivity index (χ0n) is 15.1. The van der Waals surface area contributed by atoms with Crippen molar-refractivity contribution in [3.63, 3.8) is 0 Å². The largest absolute Gasteiger partial charge is 0.441 e. The van der Waals surface area contributed by atoms with E-state index in [1.807, 2.05) is 24.3 Å². The molecule has 142 valence electrons. The van der Waals surface area contributed by atoms with Crippen LogP contribution >= 0.6 is 12.4 Å². The van der Waals surface area contributed by atoms with E-state index >= 15 is 0 Å². The number of carbonyl (C=O) groups is 1. The Kier molecular flexibility index (Phi) is 7.20. The summed E-state index contributed by atoms with van der Waals surface area (Å²) < 4.78 is 11.1. The first-order valence-corrected chi connectivity index (χ1v) is 8.75. The summed E-state index contributed by atoms with van der Waals surface area (Å²) >= 11 is 0. The van der Waals surface area contributed by atoms with Gasteiger partial charge in [-0.2, -0.15) is 0 Å². The van der Waals surface area contributed by atoms with Gasteiger partial charge in [-0.1, -0.05) is 13.8 Å². The van der Waals surface area contributed by atoms with Gasteiger partial charge in [0.1, 0.15) is 5.76 Å². The Balaban J connectivity index is 0.00000243. The highest BCUT2D eigenvalue weighted by atomic mass is 35.5. The molecule has 26 heavy (non-hydrogen) atoms. The van der Waals surface area contributed by atoms with Crippen molar-refractivity contribution in [1.82, 2.24) is 4.98 Å². The minimum absolute atomic E-state index is 0. The highest BCUT2D eigenvalue weighted by Gasteiger charge is 2.26. The molecule has 1 aromatic carbocycles. The number of benzene rings is 1. The van der Waals surface area contributed by atoms with Gasteiger partial charge in [0.25, 0.3) is 0 Å². The Labute approximate surface area is 159 Å². The fourth-order valence-electron chi connectivity index (χ4n) is 2.90. The molecule has 0 radical (unpaired) electrons. The van der Waals surface area contributed by atoms with Crippen molar-refractivity contribution in [3.8, 4) is 11.5 Å². The van der Waals surface area contributed by atoms with Crippen LogP contribution in [0.2, 0.25) is 0 Å². The molecule has 1 aromatic heterocycles. The number of nitrogens with one attached hydrogen (secondary N) is 1. The number of halogens is 1. The summed E-state index contributed by atoms with van der Waals surface area (Å²) in [5, 5.41) is 2.89. The van der Waals surface area contributed by atoms with E-state index in [4.69, 9.17) is 14.9 Å². The molecule has 7 heteroatoms. The molecular weight excluding hydrogens is 354 g/mol. The number of aromatic nitrogens is 1. The first-order valence-electron chi connectivity index (χ1n) is 8.75. The van der Waals surface area contributed by atoms with Gasteiger partial charge in [-0.25, -0.2) is 4.98 Å². The second-order valence-corrected chi connectivity index (χ2v) is 6.76. The van der Waals surface area contributed by atoms with Crippen molar-refractivity contribution in [2.75, 3.05) is 18.5 Å². The van der Waals surface area contributed by atoms with E-state index < -0.39 is 6.04 Å². The van der Waals surface area contributed by atoms with Gasteiger partial charge >= 0.3 is 0 Å². The van der Waals surface area contributed by atoms with Gasteiger partial charge in [0.05, 0.1) is 12.2 Å². The van der Waals surface area contributed by atoms with E-state index in [9.17, 15) is 4.79 Å². The second-order valence-electron chi connectivity index (χ2n) is 6.76. The summed E-state index contributed by atoms with van der Waals surface area (Å²) in [5.41, 5.74) is 7.69. The average molecular weight is 380 g/mol. The number of hydrogen-bond donors (Lipinski definition) is 2. The minimum Gasteiger partial charge on any atom is -0.441 e. The van der Waals surface area contributed by atoms with Crippen LogP contribution in [0.1, 0.15) is 38.4 Å². The summed E-state index contributed by atoms with van der Waals surface area (Å²) in [4.78, 5) is 16.6. The zero-order chi connectivity index (χ0) is 17.8. The van der Waals surface area contributed by atoms with Crippen LogP contribution in [0.15, 0.2) is 34.9 Å². The van der Waals surface area contributed by atoms with Crippen molar-refractivity contribution in [2.45, 2.75) is 38.6 Å². The third kappa shape index (κ3) is 4.84. The summed E-state index contributed by atoms with van der Waals surface area (Å²) in [7, 11) is 0. The van der Waals surface area contributed by atoms with Gasteiger partial charge < -0.3 is 20.2 Å². The van der Waals surface area contributed by atoms with E-state index in [1.54, 1.807) is 6.20 Å². The standard InChI is InChI=1S/C19H25N3O3.ClH/c1-12(2)16-11-21-19(25-16)14-3-5-15(6-4-14)22-18(23)17(20)13-7-9-24-10-8-13;/h3-6,11-13,17H,7-10,20H2,1-2H3,(H,22,23);1H. The first kappa shape index (κ1) is 20.4. The van der Waals surface area contributed by atoms with E-state index in [2.05, 4.69) is 24.1 Å². The van der Waals surface area contributed by atoms with E-state index in [0.29, 0.717) is 30.7 Å². The number of hydrogen-bond acceptors (Lipinski definition) is 5. The molecule has 0 saturated carbocycles. The number of amides is 1.